The largest absolute Gasteiger partial charge is 0.482 e. The highest BCUT2D eigenvalue weighted by atomic mass is 16.6. The summed E-state index contributed by atoms with van der Waals surface area (Å²) >= 11 is 0. The third-order valence-corrected chi connectivity index (χ3v) is 3.74. The molecule has 0 saturated carbocycles. The topological polar surface area (TPSA) is 93.7 Å². The summed E-state index contributed by atoms with van der Waals surface area (Å²) in [5.74, 6) is -0.395. The second-order valence-corrected chi connectivity index (χ2v) is 6.45. The van der Waals surface area contributed by atoms with E-state index >= 15 is 0 Å². The number of carbonyl (C=O) groups is 3. The summed E-state index contributed by atoms with van der Waals surface area (Å²) in [4.78, 5) is 34.7. The van der Waals surface area contributed by atoms with E-state index in [1.165, 1.54) is 6.92 Å². The highest BCUT2D eigenvalue weighted by Crippen LogP contribution is 2.25. The molecule has 148 valence electrons. The van der Waals surface area contributed by atoms with E-state index in [0.717, 1.165) is 5.56 Å². The second kappa shape index (κ2) is 10.1. The zero-order chi connectivity index (χ0) is 20.5. The standard InChI is InChI=1S/C21H24N2O5/c1-14(2)18-6-4-5-7-19(18)27-13-21(26)28-12-20(25)23-17-10-8-16(9-11-17)22-15(3)24/h4-11,14H,12-13H2,1-3H3,(H,22,24)(H,23,25). The van der Waals surface area contributed by atoms with Gasteiger partial charge in [0.2, 0.25) is 5.91 Å². The SMILES string of the molecule is CC(=O)Nc1ccc(NC(=O)COC(=O)COc2ccccc2C(C)C)cc1. The number of rotatable bonds is 8. The minimum Gasteiger partial charge on any atom is -0.482 e. The van der Waals surface area contributed by atoms with E-state index in [2.05, 4.69) is 10.6 Å². The Morgan fingerprint density at radius 2 is 1.50 bits per heavy atom. The van der Waals surface area contributed by atoms with E-state index in [1.807, 2.05) is 32.0 Å². The molecule has 0 aromatic heterocycles. The molecule has 0 atom stereocenters. The molecular formula is C21H24N2O5. The van der Waals surface area contributed by atoms with Crippen molar-refractivity contribution >= 4 is 29.2 Å². The van der Waals surface area contributed by atoms with Crippen LogP contribution in [0.25, 0.3) is 0 Å². The van der Waals surface area contributed by atoms with Gasteiger partial charge in [-0.25, -0.2) is 4.79 Å². The summed E-state index contributed by atoms with van der Waals surface area (Å²) in [5.41, 5.74) is 2.14. The number of anilines is 2. The first kappa shape index (κ1) is 21.0. The summed E-state index contributed by atoms with van der Waals surface area (Å²) < 4.78 is 10.5. The molecule has 2 rings (SSSR count). The number of carbonyl (C=O) groups excluding carboxylic acids is 3. The van der Waals surface area contributed by atoms with Crippen LogP contribution in [-0.2, 0) is 19.1 Å². The number of hydrogen-bond acceptors (Lipinski definition) is 5. The Bertz CT molecular complexity index is 831. The Kier molecular flexibility index (Phi) is 7.56. The van der Waals surface area contributed by atoms with E-state index in [0.29, 0.717) is 17.1 Å². The van der Waals surface area contributed by atoms with Gasteiger partial charge in [0.05, 0.1) is 0 Å². The number of ether oxygens (including phenoxy) is 2. The lowest BCUT2D eigenvalue weighted by Crippen LogP contribution is -2.23. The molecule has 28 heavy (non-hydrogen) atoms. The monoisotopic (exact) mass is 384 g/mol. The van der Waals surface area contributed by atoms with Gasteiger partial charge in [0, 0.05) is 18.3 Å². The van der Waals surface area contributed by atoms with E-state index < -0.39 is 18.5 Å². The third kappa shape index (κ3) is 6.75. The lowest BCUT2D eigenvalue weighted by Gasteiger charge is -2.13. The van der Waals surface area contributed by atoms with Crippen molar-refractivity contribution in [2.45, 2.75) is 26.7 Å². The molecule has 0 radical (unpaired) electrons. The number of esters is 1. The van der Waals surface area contributed by atoms with Crippen molar-refractivity contribution < 1.29 is 23.9 Å². The van der Waals surface area contributed by atoms with Crippen LogP contribution in [-0.4, -0.2) is 31.0 Å². The predicted octanol–water partition coefficient (Wildman–Crippen LogP) is 3.33. The molecule has 0 fully saturated rings. The van der Waals surface area contributed by atoms with Crippen LogP contribution in [0.5, 0.6) is 5.75 Å². The van der Waals surface area contributed by atoms with Crippen molar-refractivity contribution in [1.29, 1.82) is 0 Å². The summed E-state index contributed by atoms with van der Waals surface area (Å²) in [6.45, 7) is 4.79. The molecule has 2 N–H and O–H groups in total. The zero-order valence-corrected chi connectivity index (χ0v) is 16.2. The summed E-state index contributed by atoms with van der Waals surface area (Å²) in [6.07, 6.45) is 0. The first-order chi connectivity index (χ1) is 13.3. The van der Waals surface area contributed by atoms with Gasteiger partial charge in [-0.05, 0) is 41.8 Å². The van der Waals surface area contributed by atoms with Crippen LogP contribution < -0.4 is 15.4 Å². The number of nitrogens with one attached hydrogen (secondary N) is 2. The predicted molar refractivity (Wildman–Crippen MR) is 106 cm³/mol. The minimum absolute atomic E-state index is 0.179. The van der Waals surface area contributed by atoms with E-state index in [-0.39, 0.29) is 18.4 Å². The third-order valence-electron chi connectivity index (χ3n) is 3.74. The molecule has 2 aromatic rings. The van der Waals surface area contributed by atoms with Crippen molar-refractivity contribution in [3.05, 3.63) is 54.1 Å². The Morgan fingerprint density at radius 3 is 2.11 bits per heavy atom. The maximum absolute atomic E-state index is 11.9. The van der Waals surface area contributed by atoms with Crippen LogP contribution in [0.1, 0.15) is 32.3 Å². The fraction of sp³-hybridized carbons (Fsp3) is 0.286. The van der Waals surface area contributed by atoms with Gasteiger partial charge in [-0.15, -0.1) is 0 Å². The summed E-state index contributed by atoms with van der Waals surface area (Å²) in [7, 11) is 0. The Morgan fingerprint density at radius 1 is 0.893 bits per heavy atom. The zero-order valence-electron chi connectivity index (χ0n) is 16.2. The van der Waals surface area contributed by atoms with Gasteiger partial charge < -0.3 is 20.1 Å². The van der Waals surface area contributed by atoms with Gasteiger partial charge in [0.1, 0.15) is 5.75 Å². The second-order valence-electron chi connectivity index (χ2n) is 6.45. The molecule has 7 heteroatoms. The maximum Gasteiger partial charge on any atom is 0.344 e. The lowest BCUT2D eigenvalue weighted by molar-refractivity contribution is -0.149. The molecule has 0 aliphatic heterocycles. The van der Waals surface area contributed by atoms with Crippen molar-refractivity contribution in [3.8, 4) is 5.75 Å². The van der Waals surface area contributed by atoms with E-state index in [9.17, 15) is 14.4 Å². The lowest BCUT2D eigenvalue weighted by atomic mass is 10.0. The number of amides is 2. The average molecular weight is 384 g/mol. The van der Waals surface area contributed by atoms with Crippen molar-refractivity contribution in [3.63, 3.8) is 0 Å². The van der Waals surface area contributed by atoms with Crippen molar-refractivity contribution in [2.24, 2.45) is 0 Å². The first-order valence-electron chi connectivity index (χ1n) is 8.90. The fourth-order valence-corrected chi connectivity index (χ4v) is 2.45. The summed E-state index contributed by atoms with van der Waals surface area (Å²) in [6, 6.07) is 14.1. The number of benzene rings is 2. The van der Waals surface area contributed by atoms with Crippen LogP contribution in [0.2, 0.25) is 0 Å². The molecule has 7 nitrogen and oxygen atoms in total. The molecule has 0 saturated heterocycles. The van der Waals surface area contributed by atoms with Crippen LogP contribution in [0, 0.1) is 0 Å². The van der Waals surface area contributed by atoms with Gasteiger partial charge in [-0.2, -0.15) is 0 Å². The molecular weight excluding hydrogens is 360 g/mol. The Hall–Kier alpha value is -3.35. The number of hydrogen-bond donors (Lipinski definition) is 2. The normalized spacial score (nSPS) is 10.3. The van der Waals surface area contributed by atoms with Gasteiger partial charge in [0.15, 0.2) is 13.2 Å². The highest BCUT2D eigenvalue weighted by molar-refractivity contribution is 5.93. The smallest absolute Gasteiger partial charge is 0.344 e. The molecule has 2 amide bonds. The van der Waals surface area contributed by atoms with Crippen LogP contribution >= 0.6 is 0 Å². The molecule has 2 aromatic carbocycles. The average Bonchev–Trinajstić information content (AvgIpc) is 2.66. The number of para-hydroxylation sites is 1. The fourth-order valence-electron chi connectivity index (χ4n) is 2.45. The highest BCUT2D eigenvalue weighted by Gasteiger charge is 2.12. The molecule has 0 unspecified atom stereocenters. The van der Waals surface area contributed by atoms with E-state index in [4.69, 9.17) is 9.47 Å². The first-order valence-corrected chi connectivity index (χ1v) is 8.90. The molecule has 0 aliphatic rings. The van der Waals surface area contributed by atoms with Crippen LogP contribution in [0.3, 0.4) is 0 Å². The van der Waals surface area contributed by atoms with Crippen molar-refractivity contribution in [2.75, 3.05) is 23.8 Å². The maximum atomic E-state index is 11.9. The van der Waals surface area contributed by atoms with Gasteiger partial charge in [-0.1, -0.05) is 32.0 Å². The van der Waals surface area contributed by atoms with Crippen LogP contribution in [0.4, 0.5) is 11.4 Å². The Balaban J connectivity index is 1.76. The molecule has 0 bridgehead atoms. The molecule has 0 aliphatic carbocycles. The van der Waals surface area contributed by atoms with E-state index in [1.54, 1.807) is 30.3 Å². The van der Waals surface area contributed by atoms with Crippen LogP contribution in [0.15, 0.2) is 48.5 Å². The Labute approximate surface area is 164 Å². The van der Waals surface area contributed by atoms with Gasteiger partial charge >= 0.3 is 5.97 Å². The quantitative estimate of drug-likeness (QED) is 0.681. The van der Waals surface area contributed by atoms with Crippen molar-refractivity contribution in [1.82, 2.24) is 0 Å². The van der Waals surface area contributed by atoms with Gasteiger partial charge in [-0.3, -0.25) is 9.59 Å². The minimum atomic E-state index is -0.630. The molecule has 0 heterocycles. The summed E-state index contributed by atoms with van der Waals surface area (Å²) in [5, 5.41) is 5.23. The van der Waals surface area contributed by atoms with Gasteiger partial charge in [0.25, 0.3) is 5.91 Å². The molecule has 0 spiro atoms.